The largest absolute Gasteiger partial charge is 0.453 e. The summed E-state index contributed by atoms with van der Waals surface area (Å²) in [6, 6.07) is 15.4. The van der Waals surface area contributed by atoms with E-state index < -0.39 is 0 Å². The van der Waals surface area contributed by atoms with Gasteiger partial charge in [-0.3, -0.25) is 9.36 Å². The van der Waals surface area contributed by atoms with Gasteiger partial charge >= 0.3 is 0 Å². The van der Waals surface area contributed by atoms with Gasteiger partial charge in [0.05, 0.1) is 5.75 Å². The molecule has 0 aliphatic rings. The third-order valence-corrected chi connectivity index (χ3v) is 5.94. The number of rotatable bonds is 7. The van der Waals surface area contributed by atoms with Crippen LogP contribution in [0.15, 0.2) is 75.2 Å². The van der Waals surface area contributed by atoms with E-state index in [9.17, 15) is 4.79 Å². The van der Waals surface area contributed by atoms with Crippen LogP contribution in [0.4, 0.5) is 5.69 Å². The number of benzene rings is 2. The molecule has 1 N–H and O–H groups in total. The summed E-state index contributed by atoms with van der Waals surface area (Å²) in [6.07, 6.45) is 1.77. The van der Waals surface area contributed by atoms with Crippen LogP contribution in [0.25, 0.3) is 22.6 Å². The average Bonchev–Trinajstić information content (AvgIpc) is 3.32. The predicted octanol–water partition coefficient (Wildman–Crippen LogP) is 5.68. The van der Waals surface area contributed by atoms with Gasteiger partial charge in [0.15, 0.2) is 10.9 Å². The molecule has 2 heterocycles. The Labute approximate surface area is 186 Å². The molecule has 0 bridgehead atoms. The van der Waals surface area contributed by atoms with Gasteiger partial charge in [-0.15, -0.1) is 16.8 Å². The Balaban J connectivity index is 1.54. The maximum absolute atomic E-state index is 12.4. The molecule has 0 aliphatic heterocycles. The Morgan fingerprint density at radius 3 is 2.90 bits per heavy atom. The van der Waals surface area contributed by atoms with Crippen molar-refractivity contribution < 1.29 is 9.21 Å². The molecule has 0 saturated heterocycles. The predicted molar refractivity (Wildman–Crippen MR) is 124 cm³/mol. The Morgan fingerprint density at radius 2 is 2.10 bits per heavy atom. The summed E-state index contributed by atoms with van der Waals surface area (Å²) in [5.74, 6) is 1.34. The molecule has 0 atom stereocenters. The third kappa shape index (κ3) is 4.34. The van der Waals surface area contributed by atoms with Gasteiger partial charge in [0.25, 0.3) is 0 Å². The second-order valence-corrected chi connectivity index (χ2v) is 8.51. The molecule has 4 rings (SSSR count). The van der Waals surface area contributed by atoms with E-state index in [1.165, 1.54) is 11.8 Å². The number of aromatic nitrogens is 3. The van der Waals surface area contributed by atoms with Gasteiger partial charge in [-0.25, -0.2) is 0 Å². The summed E-state index contributed by atoms with van der Waals surface area (Å²) in [5.41, 5.74) is 2.60. The van der Waals surface area contributed by atoms with Crippen LogP contribution in [0, 0.1) is 6.92 Å². The lowest BCUT2D eigenvalue weighted by Gasteiger charge is -2.08. The monoisotopic (exact) mass is 482 g/mol. The van der Waals surface area contributed by atoms with Crippen LogP contribution in [0.5, 0.6) is 0 Å². The van der Waals surface area contributed by atoms with Crippen LogP contribution in [0.1, 0.15) is 5.56 Å². The van der Waals surface area contributed by atoms with Gasteiger partial charge in [-0.05, 0) is 42.8 Å². The van der Waals surface area contributed by atoms with Crippen molar-refractivity contribution in [2.75, 3.05) is 11.1 Å². The number of fused-ring (bicyclic) bond motifs is 1. The number of amides is 1. The van der Waals surface area contributed by atoms with Crippen LogP contribution in [0.3, 0.4) is 0 Å². The number of aryl methyl sites for hydroxylation is 1. The van der Waals surface area contributed by atoms with Crippen molar-refractivity contribution in [3.63, 3.8) is 0 Å². The average molecular weight is 483 g/mol. The first-order valence-electron chi connectivity index (χ1n) is 9.27. The van der Waals surface area contributed by atoms with Crippen molar-refractivity contribution in [3.05, 3.63) is 71.2 Å². The van der Waals surface area contributed by atoms with E-state index in [-0.39, 0.29) is 11.7 Å². The fourth-order valence-electron chi connectivity index (χ4n) is 3.03. The molecule has 8 heteroatoms. The first-order valence-corrected chi connectivity index (χ1v) is 11.0. The molecule has 0 spiro atoms. The lowest BCUT2D eigenvalue weighted by atomic mass is 10.2. The van der Waals surface area contributed by atoms with Crippen molar-refractivity contribution in [3.8, 4) is 11.6 Å². The van der Waals surface area contributed by atoms with E-state index in [0.717, 1.165) is 26.7 Å². The minimum atomic E-state index is -0.0995. The lowest BCUT2D eigenvalue weighted by Crippen LogP contribution is -2.15. The molecule has 0 radical (unpaired) electrons. The highest BCUT2D eigenvalue weighted by Gasteiger charge is 2.18. The summed E-state index contributed by atoms with van der Waals surface area (Å²) in [4.78, 5) is 12.4. The summed E-state index contributed by atoms with van der Waals surface area (Å²) in [6.45, 7) is 6.29. The SMILES string of the molecule is C=CCn1c(SCC(=O)Nc2ccccc2C)nnc1-c1cc2cc(Br)ccc2o1. The Hall–Kier alpha value is -2.84. The second kappa shape index (κ2) is 8.89. The zero-order valence-corrected chi connectivity index (χ0v) is 18.7. The molecule has 2 aromatic carbocycles. The van der Waals surface area contributed by atoms with Crippen LogP contribution in [-0.4, -0.2) is 26.4 Å². The summed E-state index contributed by atoms with van der Waals surface area (Å²) in [5, 5.41) is 13.1. The highest BCUT2D eigenvalue weighted by molar-refractivity contribution is 9.10. The van der Waals surface area contributed by atoms with Gasteiger partial charge in [0, 0.05) is 22.1 Å². The maximum Gasteiger partial charge on any atom is 0.234 e. The number of halogens is 1. The minimum Gasteiger partial charge on any atom is -0.453 e. The van der Waals surface area contributed by atoms with Crippen molar-refractivity contribution in [1.82, 2.24) is 14.8 Å². The van der Waals surface area contributed by atoms with Gasteiger partial charge in [0.1, 0.15) is 5.58 Å². The molecule has 4 aromatic rings. The van der Waals surface area contributed by atoms with E-state index >= 15 is 0 Å². The number of hydrogen-bond acceptors (Lipinski definition) is 5. The first-order chi connectivity index (χ1) is 14.5. The fraction of sp³-hybridized carbons (Fsp3) is 0.136. The topological polar surface area (TPSA) is 73.0 Å². The molecule has 30 heavy (non-hydrogen) atoms. The number of nitrogens with zero attached hydrogens (tertiary/aromatic N) is 3. The molecular formula is C22H19BrN4O2S. The second-order valence-electron chi connectivity index (χ2n) is 6.65. The lowest BCUT2D eigenvalue weighted by molar-refractivity contribution is -0.113. The van der Waals surface area contributed by atoms with E-state index in [1.807, 2.05) is 60.0 Å². The Kier molecular flexibility index (Phi) is 6.06. The van der Waals surface area contributed by atoms with Gasteiger partial charge in [-0.2, -0.15) is 0 Å². The molecule has 6 nitrogen and oxygen atoms in total. The summed E-state index contributed by atoms with van der Waals surface area (Å²) >= 11 is 4.80. The van der Waals surface area contributed by atoms with Crippen LogP contribution < -0.4 is 5.32 Å². The molecule has 0 unspecified atom stereocenters. The molecule has 2 aromatic heterocycles. The number of nitrogens with one attached hydrogen (secondary N) is 1. The first kappa shape index (κ1) is 20.4. The Morgan fingerprint density at radius 1 is 1.27 bits per heavy atom. The van der Waals surface area contributed by atoms with Crippen molar-refractivity contribution in [2.24, 2.45) is 0 Å². The quantitative estimate of drug-likeness (QED) is 0.271. The van der Waals surface area contributed by atoms with Crippen LogP contribution in [0.2, 0.25) is 0 Å². The van der Waals surface area contributed by atoms with E-state index in [2.05, 4.69) is 38.0 Å². The number of para-hydroxylation sites is 1. The standard InChI is InChI=1S/C22H19BrN4O2S/c1-3-10-27-21(19-12-15-11-16(23)8-9-18(15)29-19)25-26-22(27)30-13-20(28)24-17-7-5-4-6-14(17)2/h3-9,11-12H,1,10,13H2,2H3,(H,24,28). The molecule has 1 amide bonds. The van der Waals surface area contributed by atoms with E-state index in [1.54, 1.807) is 6.08 Å². The van der Waals surface area contributed by atoms with Crippen molar-refractivity contribution in [2.45, 2.75) is 18.6 Å². The number of allylic oxidation sites excluding steroid dienone is 1. The normalized spacial score (nSPS) is 11.0. The highest BCUT2D eigenvalue weighted by atomic mass is 79.9. The molecule has 0 fully saturated rings. The number of anilines is 1. The summed E-state index contributed by atoms with van der Waals surface area (Å²) < 4.78 is 8.83. The van der Waals surface area contributed by atoms with Crippen molar-refractivity contribution in [1.29, 1.82) is 0 Å². The number of furan rings is 1. The van der Waals surface area contributed by atoms with Gasteiger partial charge in [0.2, 0.25) is 11.7 Å². The van der Waals surface area contributed by atoms with Crippen LogP contribution >= 0.6 is 27.7 Å². The summed E-state index contributed by atoms with van der Waals surface area (Å²) in [7, 11) is 0. The third-order valence-electron chi connectivity index (χ3n) is 4.48. The van der Waals surface area contributed by atoms with E-state index in [0.29, 0.717) is 23.3 Å². The number of thioether (sulfide) groups is 1. The van der Waals surface area contributed by atoms with E-state index in [4.69, 9.17) is 4.42 Å². The number of hydrogen-bond donors (Lipinski definition) is 1. The molecule has 0 aliphatic carbocycles. The number of carbonyl (C=O) groups is 1. The van der Waals surface area contributed by atoms with Gasteiger partial charge < -0.3 is 9.73 Å². The van der Waals surface area contributed by atoms with Gasteiger partial charge in [-0.1, -0.05) is 52.0 Å². The highest BCUT2D eigenvalue weighted by Crippen LogP contribution is 2.31. The smallest absolute Gasteiger partial charge is 0.234 e. The van der Waals surface area contributed by atoms with Crippen molar-refractivity contribution >= 4 is 50.3 Å². The fourth-order valence-corrected chi connectivity index (χ4v) is 4.15. The maximum atomic E-state index is 12.4. The molecule has 0 saturated carbocycles. The number of carbonyl (C=O) groups excluding carboxylic acids is 1. The molecular weight excluding hydrogens is 464 g/mol. The van der Waals surface area contributed by atoms with Crippen LogP contribution in [-0.2, 0) is 11.3 Å². The zero-order valence-electron chi connectivity index (χ0n) is 16.3. The molecule has 152 valence electrons. The zero-order chi connectivity index (χ0) is 21.1. The Bertz CT molecular complexity index is 1230. The minimum absolute atomic E-state index is 0.0995.